The first-order chi connectivity index (χ1) is 10.2. The zero-order valence-electron chi connectivity index (χ0n) is 12.4. The number of hydrogen-bond acceptors (Lipinski definition) is 2. The van der Waals surface area contributed by atoms with E-state index in [1.165, 1.54) is 0 Å². The maximum absolute atomic E-state index is 11.5. The summed E-state index contributed by atoms with van der Waals surface area (Å²) in [5, 5.41) is 6.11. The Bertz CT molecular complexity index is 432. The number of rotatable bonds is 9. The summed E-state index contributed by atoms with van der Waals surface area (Å²) < 4.78 is 5.41. The number of nitrogens with one attached hydrogen (secondary N) is 2. The summed E-state index contributed by atoms with van der Waals surface area (Å²) in [7, 11) is 0. The van der Waals surface area contributed by atoms with E-state index in [0.717, 1.165) is 31.4 Å². The van der Waals surface area contributed by atoms with Gasteiger partial charge in [-0.15, -0.1) is 0 Å². The van der Waals surface area contributed by atoms with E-state index in [2.05, 4.69) is 17.6 Å². The van der Waals surface area contributed by atoms with Crippen molar-refractivity contribution in [3.63, 3.8) is 0 Å². The number of halogens is 1. The molecule has 0 unspecified atom stereocenters. The van der Waals surface area contributed by atoms with Crippen LogP contribution in [0.15, 0.2) is 30.5 Å². The minimum atomic E-state index is -0.214. The molecule has 0 aliphatic heterocycles. The van der Waals surface area contributed by atoms with Crippen LogP contribution in [0.5, 0.6) is 0 Å². The lowest BCUT2D eigenvalue weighted by atomic mass is 10.2. The van der Waals surface area contributed by atoms with E-state index in [-0.39, 0.29) is 6.03 Å². The van der Waals surface area contributed by atoms with Crippen molar-refractivity contribution < 1.29 is 9.53 Å². The minimum absolute atomic E-state index is 0.214. The molecule has 0 saturated carbocycles. The first kappa shape index (κ1) is 17.5. The highest BCUT2D eigenvalue weighted by molar-refractivity contribution is 6.30. The van der Waals surface area contributed by atoms with E-state index in [1.807, 2.05) is 18.2 Å². The maximum atomic E-state index is 11.5. The predicted molar refractivity (Wildman–Crippen MR) is 87.4 cm³/mol. The molecule has 0 spiro atoms. The van der Waals surface area contributed by atoms with Crippen molar-refractivity contribution in [3.05, 3.63) is 41.1 Å². The second-order valence-corrected chi connectivity index (χ2v) is 5.04. The Morgan fingerprint density at radius 3 is 2.67 bits per heavy atom. The van der Waals surface area contributed by atoms with E-state index < -0.39 is 0 Å². The van der Waals surface area contributed by atoms with E-state index in [4.69, 9.17) is 16.3 Å². The summed E-state index contributed by atoms with van der Waals surface area (Å²) in [5.41, 5.74) is 0.976. The molecule has 0 fully saturated rings. The molecule has 4 nitrogen and oxygen atoms in total. The number of urea groups is 1. The van der Waals surface area contributed by atoms with Crippen molar-refractivity contribution in [1.29, 1.82) is 0 Å². The summed E-state index contributed by atoms with van der Waals surface area (Å²) in [6.45, 7) is 4.22. The molecule has 0 atom stereocenters. The van der Waals surface area contributed by atoms with Crippen LogP contribution in [0, 0.1) is 0 Å². The molecule has 0 aliphatic rings. The molecule has 1 rings (SSSR count). The zero-order chi connectivity index (χ0) is 15.3. The average molecular weight is 311 g/mol. The van der Waals surface area contributed by atoms with Crippen LogP contribution >= 0.6 is 11.6 Å². The number of ether oxygens (including phenoxy) is 1. The van der Waals surface area contributed by atoms with Gasteiger partial charge in [-0.25, -0.2) is 4.79 Å². The summed E-state index contributed by atoms with van der Waals surface area (Å²) in [6.07, 6.45) is 6.46. The highest BCUT2D eigenvalue weighted by Crippen LogP contribution is 2.10. The Morgan fingerprint density at radius 1 is 1.24 bits per heavy atom. The van der Waals surface area contributed by atoms with E-state index in [9.17, 15) is 4.79 Å². The van der Waals surface area contributed by atoms with Crippen LogP contribution in [-0.4, -0.2) is 25.8 Å². The van der Waals surface area contributed by atoms with Crippen molar-refractivity contribution in [2.45, 2.75) is 26.2 Å². The monoisotopic (exact) mass is 310 g/mol. The third kappa shape index (κ3) is 9.10. The van der Waals surface area contributed by atoms with Gasteiger partial charge in [-0.1, -0.05) is 37.1 Å². The van der Waals surface area contributed by atoms with Crippen LogP contribution in [-0.2, 0) is 4.74 Å². The maximum Gasteiger partial charge on any atom is 0.318 e. The Balaban J connectivity index is 2.07. The number of carbonyl (C=O) groups is 1. The van der Waals surface area contributed by atoms with Crippen molar-refractivity contribution >= 4 is 23.7 Å². The first-order valence-corrected chi connectivity index (χ1v) is 7.64. The lowest BCUT2D eigenvalue weighted by Gasteiger charge is -2.05. The Labute approximate surface area is 131 Å². The lowest BCUT2D eigenvalue weighted by molar-refractivity contribution is 0.129. The predicted octanol–water partition coefficient (Wildman–Crippen LogP) is 3.82. The summed E-state index contributed by atoms with van der Waals surface area (Å²) >= 11 is 5.79. The van der Waals surface area contributed by atoms with Gasteiger partial charge in [0.2, 0.25) is 0 Å². The van der Waals surface area contributed by atoms with Gasteiger partial charge in [0.15, 0.2) is 0 Å². The van der Waals surface area contributed by atoms with Crippen LogP contribution in [0.2, 0.25) is 5.02 Å². The zero-order valence-corrected chi connectivity index (χ0v) is 13.2. The quantitative estimate of drug-likeness (QED) is 0.681. The molecule has 0 radical (unpaired) electrons. The largest absolute Gasteiger partial charge is 0.381 e. The number of carbonyl (C=O) groups excluding carboxylic acids is 1. The standard InChI is InChI=1S/C16H23ClN2O2/c1-2-3-12-21-13-4-10-18-16(20)19-11-9-14-5-7-15(17)8-6-14/h5-9,11H,2-4,10,12-13H2,1H3,(H2,18,19,20)/b11-9+. The fourth-order valence-electron chi connectivity index (χ4n) is 1.56. The molecule has 2 N–H and O–H groups in total. The molecule has 21 heavy (non-hydrogen) atoms. The van der Waals surface area contributed by atoms with Gasteiger partial charge in [0.1, 0.15) is 0 Å². The van der Waals surface area contributed by atoms with Crippen LogP contribution in [0.1, 0.15) is 31.7 Å². The highest BCUT2D eigenvalue weighted by atomic mass is 35.5. The lowest BCUT2D eigenvalue weighted by Crippen LogP contribution is -2.33. The van der Waals surface area contributed by atoms with Gasteiger partial charge in [-0.3, -0.25) is 0 Å². The topological polar surface area (TPSA) is 50.4 Å². The Morgan fingerprint density at radius 2 is 1.95 bits per heavy atom. The van der Waals surface area contributed by atoms with Gasteiger partial charge in [0.05, 0.1) is 0 Å². The van der Waals surface area contributed by atoms with Crippen molar-refractivity contribution in [3.8, 4) is 0 Å². The van der Waals surface area contributed by atoms with Crippen LogP contribution in [0.3, 0.4) is 0 Å². The second-order valence-electron chi connectivity index (χ2n) is 4.60. The van der Waals surface area contributed by atoms with Crippen molar-refractivity contribution in [2.75, 3.05) is 19.8 Å². The van der Waals surface area contributed by atoms with Gasteiger partial charge in [0.25, 0.3) is 0 Å². The fourth-order valence-corrected chi connectivity index (χ4v) is 1.69. The Kier molecular flexibility index (Phi) is 9.33. The van der Waals surface area contributed by atoms with Crippen LogP contribution in [0.4, 0.5) is 4.79 Å². The molecular formula is C16H23ClN2O2. The summed E-state index contributed by atoms with van der Waals surface area (Å²) in [5.74, 6) is 0. The van der Waals surface area contributed by atoms with Gasteiger partial charge < -0.3 is 15.4 Å². The van der Waals surface area contributed by atoms with E-state index >= 15 is 0 Å². The molecular weight excluding hydrogens is 288 g/mol. The van der Waals surface area contributed by atoms with Crippen molar-refractivity contribution in [2.24, 2.45) is 0 Å². The van der Waals surface area contributed by atoms with Gasteiger partial charge in [0, 0.05) is 31.0 Å². The molecule has 0 bridgehead atoms. The van der Waals surface area contributed by atoms with Gasteiger partial charge in [-0.05, 0) is 36.6 Å². The molecule has 5 heteroatoms. The third-order valence-electron chi connectivity index (χ3n) is 2.75. The fraction of sp³-hybridized carbons (Fsp3) is 0.438. The number of benzene rings is 1. The van der Waals surface area contributed by atoms with Crippen LogP contribution in [0.25, 0.3) is 6.08 Å². The summed E-state index contributed by atoms with van der Waals surface area (Å²) in [6, 6.07) is 7.16. The van der Waals surface area contributed by atoms with E-state index in [0.29, 0.717) is 18.2 Å². The molecule has 1 aromatic rings. The van der Waals surface area contributed by atoms with Gasteiger partial charge in [-0.2, -0.15) is 0 Å². The SMILES string of the molecule is CCCCOCCCNC(=O)N/C=C/c1ccc(Cl)cc1. The summed E-state index contributed by atoms with van der Waals surface area (Å²) in [4.78, 5) is 11.5. The molecule has 1 aromatic carbocycles. The minimum Gasteiger partial charge on any atom is -0.381 e. The Hall–Kier alpha value is -1.52. The molecule has 0 aromatic heterocycles. The second kappa shape index (κ2) is 11.2. The molecule has 0 heterocycles. The number of amides is 2. The van der Waals surface area contributed by atoms with E-state index in [1.54, 1.807) is 18.3 Å². The number of unbranched alkanes of at least 4 members (excludes halogenated alkanes) is 1. The van der Waals surface area contributed by atoms with Crippen molar-refractivity contribution in [1.82, 2.24) is 10.6 Å². The smallest absolute Gasteiger partial charge is 0.318 e. The molecule has 0 saturated heterocycles. The molecule has 2 amide bonds. The van der Waals surface area contributed by atoms with Gasteiger partial charge >= 0.3 is 6.03 Å². The normalized spacial score (nSPS) is 10.8. The molecule has 116 valence electrons. The van der Waals surface area contributed by atoms with Crippen LogP contribution < -0.4 is 10.6 Å². The number of hydrogen-bond donors (Lipinski definition) is 2. The first-order valence-electron chi connectivity index (χ1n) is 7.26. The highest BCUT2D eigenvalue weighted by Gasteiger charge is 1.96. The third-order valence-corrected chi connectivity index (χ3v) is 3.01. The molecule has 0 aliphatic carbocycles. The average Bonchev–Trinajstić information content (AvgIpc) is 2.48.